The van der Waals surface area contributed by atoms with Crippen molar-refractivity contribution in [3.8, 4) is 0 Å². The molecule has 0 saturated heterocycles. The van der Waals surface area contributed by atoms with Gasteiger partial charge in [0.2, 0.25) is 5.91 Å². The molecule has 4 amide bonds. The predicted molar refractivity (Wildman–Crippen MR) is 156 cm³/mol. The second-order valence-corrected chi connectivity index (χ2v) is 11.2. The zero-order valence-corrected chi connectivity index (χ0v) is 25.6. The van der Waals surface area contributed by atoms with Gasteiger partial charge in [-0.15, -0.1) is 0 Å². The Kier molecular flexibility index (Phi) is 15.8. The fraction of sp³-hybridized carbons (Fsp3) is 0.655. The minimum Gasteiger partial charge on any atom is -0.453 e. The topological polar surface area (TPSA) is 158 Å². The number of hydrogen-bond donors (Lipinski definition) is 5. The number of alkyl carbamates (subject to hydrolysis) is 2. The Morgan fingerprint density at radius 3 is 1.78 bits per heavy atom. The zero-order chi connectivity index (χ0) is 31.1. The van der Waals surface area contributed by atoms with Crippen molar-refractivity contribution in [1.29, 1.82) is 0 Å². The summed E-state index contributed by atoms with van der Waals surface area (Å²) in [6.07, 6.45) is -1.54. The molecule has 0 aromatic heterocycles. The molecule has 12 heteroatoms. The van der Waals surface area contributed by atoms with Crippen molar-refractivity contribution in [1.82, 2.24) is 26.4 Å². The molecule has 1 rings (SSSR count). The number of nitrogens with one attached hydrogen (secondary N) is 4. The van der Waals surface area contributed by atoms with Gasteiger partial charge < -0.3 is 30.5 Å². The van der Waals surface area contributed by atoms with Gasteiger partial charge >= 0.3 is 12.2 Å². The summed E-state index contributed by atoms with van der Waals surface area (Å²) in [6.45, 7) is 11.7. The van der Waals surface area contributed by atoms with Crippen LogP contribution in [0.15, 0.2) is 30.3 Å². The van der Waals surface area contributed by atoms with E-state index in [1.807, 2.05) is 44.2 Å². The summed E-state index contributed by atoms with van der Waals surface area (Å²) in [4.78, 5) is 50.2. The van der Waals surface area contributed by atoms with E-state index in [0.717, 1.165) is 12.0 Å². The van der Waals surface area contributed by atoms with Crippen LogP contribution in [0.3, 0.4) is 0 Å². The van der Waals surface area contributed by atoms with E-state index < -0.39 is 48.2 Å². The third kappa shape index (κ3) is 13.2. The summed E-state index contributed by atoms with van der Waals surface area (Å²) in [5.74, 6) is -1.08. The van der Waals surface area contributed by atoms with Crippen molar-refractivity contribution < 1.29 is 33.8 Å². The van der Waals surface area contributed by atoms with E-state index in [1.54, 1.807) is 32.7 Å². The fourth-order valence-electron chi connectivity index (χ4n) is 4.05. The number of hydrazine groups is 1. The molecular weight excluding hydrogens is 530 g/mol. The number of methoxy groups -OCH3 is 2. The van der Waals surface area contributed by atoms with Crippen LogP contribution in [0.2, 0.25) is 0 Å². The molecule has 0 saturated carbocycles. The molecule has 0 aliphatic rings. The van der Waals surface area contributed by atoms with Gasteiger partial charge in [-0.1, -0.05) is 71.9 Å². The van der Waals surface area contributed by atoms with Crippen molar-refractivity contribution in [2.75, 3.05) is 27.3 Å². The Balaban J connectivity index is 3.21. The molecule has 0 spiro atoms. The van der Waals surface area contributed by atoms with Crippen molar-refractivity contribution in [3.05, 3.63) is 35.9 Å². The number of ether oxygens (including phenoxy) is 2. The van der Waals surface area contributed by atoms with Crippen molar-refractivity contribution >= 4 is 24.0 Å². The number of carbonyl (C=O) groups is 4. The van der Waals surface area contributed by atoms with E-state index in [-0.39, 0.29) is 18.4 Å². The molecular formula is C29H49N5O7. The number of nitrogens with zero attached hydrogens (tertiary/aromatic N) is 1. The Bertz CT molecular complexity index is 958. The van der Waals surface area contributed by atoms with Crippen LogP contribution >= 0.6 is 0 Å². The van der Waals surface area contributed by atoms with E-state index >= 15 is 0 Å². The van der Waals surface area contributed by atoms with E-state index in [0.29, 0.717) is 18.9 Å². The Labute approximate surface area is 243 Å². The average Bonchev–Trinajstić information content (AvgIpc) is 2.92. The normalized spacial score (nSPS) is 14.3. The van der Waals surface area contributed by atoms with Gasteiger partial charge in [0, 0.05) is 13.1 Å². The highest BCUT2D eigenvalue weighted by Gasteiger charge is 2.32. The standard InChI is InChI=1S/C29H49N5O7/c1-18(2)14-15-34(33-27(37)25(20(5)6)32-29(39)41-8)17-23(35)22(16-21-12-10-9-11-13-21)30-26(36)24(19(3)4)31-28(38)40-7/h9-13,18-20,22-25,35H,14-17H2,1-8H3,(H,30,36)(H,31,38)(H,32,39)(H,33,37)/t22-,23-,24-,25-/m0/s1. The first-order valence-corrected chi connectivity index (χ1v) is 14.1. The molecule has 4 atom stereocenters. The van der Waals surface area contributed by atoms with E-state index in [9.17, 15) is 24.3 Å². The summed E-state index contributed by atoms with van der Waals surface area (Å²) < 4.78 is 9.34. The summed E-state index contributed by atoms with van der Waals surface area (Å²) >= 11 is 0. The van der Waals surface area contributed by atoms with E-state index in [4.69, 9.17) is 0 Å². The number of amides is 4. The lowest BCUT2D eigenvalue weighted by Crippen LogP contribution is -2.59. The summed E-state index contributed by atoms with van der Waals surface area (Å²) in [7, 11) is 2.44. The summed E-state index contributed by atoms with van der Waals surface area (Å²) in [6, 6.07) is 6.89. The maximum atomic E-state index is 13.3. The monoisotopic (exact) mass is 579 g/mol. The SMILES string of the molecule is COC(=O)N[C@H](C(=O)N[C@@H](Cc1ccccc1)[C@@H](O)CN(CCC(C)C)NC(=O)[C@@H](NC(=O)OC)C(C)C)C(C)C. The number of rotatable bonds is 16. The first kappa shape index (κ1) is 35.6. The van der Waals surface area contributed by atoms with Gasteiger partial charge in [0.05, 0.1) is 26.4 Å². The van der Waals surface area contributed by atoms with Crippen LogP contribution in [0.25, 0.3) is 0 Å². The van der Waals surface area contributed by atoms with Crippen LogP contribution in [0.4, 0.5) is 9.59 Å². The molecule has 0 heterocycles. The molecule has 0 radical (unpaired) electrons. The molecule has 0 aliphatic heterocycles. The molecule has 0 bridgehead atoms. The van der Waals surface area contributed by atoms with Gasteiger partial charge in [-0.05, 0) is 36.2 Å². The highest BCUT2D eigenvalue weighted by atomic mass is 16.5. The van der Waals surface area contributed by atoms with Crippen molar-refractivity contribution in [3.63, 3.8) is 0 Å². The summed E-state index contributed by atoms with van der Waals surface area (Å²) in [5.41, 5.74) is 3.73. The first-order valence-electron chi connectivity index (χ1n) is 14.1. The molecule has 1 aromatic carbocycles. The fourth-order valence-corrected chi connectivity index (χ4v) is 4.05. The smallest absolute Gasteiger partial charge is 0.407 e. The van der Waals surface area contributed by atoms with Crippen LogP contribution in [0.1, 0.15) is 53.5 Å². The Morgan fingerprint density at radius 2 is 1.32 bits per heavy atom. The quantitative estimate of drug-likeness (QED) is 0.187. The minimum atomic E-state index is -1.11. The van der Waals surface area contributed by atoms with Crippen LogP contribution in [-0.2, 0) is 25.5 Å². The number of benzene rings is 1. The molecule has 232 valence electrons. The first-order chi connectivity index (χ1) is 19.3. The predicted octanol–water partition coefficient (Wildman–Crippen LogP) is 2.22. The van der Waals surface area contributed by atoms with Gasteiger partial charge in [0.25, 0.3) is 5.91 Å². The van der Waals surface area contributed by atoms with Crippen LogP contribution in [0, 0.1) is 17.8 Å². The molecule has 0 aliphatic carbocycles. The highest BCUT2D eigenvalue weighted by Crippen LogP contribution is 2.12. The zero-order valence-electron chi connectivity index (χ0n) is 25.6. The maximum absolute atomic E-state index is 13.3. The number of aliphatic hydroxyl groups excluding tert-OH is 1. The van der Waals surface area contributed by atoms with Crippen LogP contribution in [-0.4, -0.2) is 85.7 Å². The van der Waals surface area contributed by atoms with E-state index in [1.165, 1.54) is 14.2 Å². The van der Waals surface area contributed by atoms with Gasteiger partial charge in [-0.2, -0.15) is 0 Å². The molecule has 41 heavy (non-hydrogen) atoms. The summed E-state index contributed by atoms with van der Waals surface area (Å²) in [5, 5.41) is 21.0. The minimum absolute atomic E-state index is 0.00391. The number of carbonyl (C=O) groups excluding carboxylic acids is 4. The maximum Gasteiger partial charge on any atom is 0.407 e. The van der Waals surface area contributed by atoms with Gasteiger partial charge in [-0.25, -0.2) is 14.6 Å². The Hall–Kier alpha value is -3.38. The average molecular weight is 580 g/mol. The van der Waals surface area contributed by atoms with Gasteiger partial charge in [-0.3, -0.25) is 15.0 Å². The number of aliphatic hydroxyl groups is 1. The van der Waals surface area contributed by atoms with Crippen molar-refractivity contribution in [2.24, 2.45) is 17.8 Å². The largest absolute Gasteiger partial charge is 0.453 e. The molecule has 0 fully saturated rings. The third-order valence-electron chi connectivity index (χ3n) is 6.56. The second kappa shape index (κ2) is 18.1. The molecule has 12 nitrogen and oxygen atoms in total. The van der Waals surface area contributed by atoms with Crippen molar-refractivity contribution in [2.45, 2.75) is 78.6 Å². The third-order valence-corrected chi connectivity index (χ3v) is 6.56. The lowest BCUT2D eigenvalue weighted by molar-refractivity contribution is -0.130. The lowest BCUT2D eigenvalue weighted by atomic mass is 9.98. The second-order valence-electron chi connectivity index (χ2n) is 11.2. The molecule has 1 aromatic rings. The van der Waals surface area contributed by atoms with E-state index in [2.05, 4.69) is 30.8 Å². The van der Waals surface area contributed by atoms with Gasteiger partial charge in [0.1, 0.15) is 12.1 Å². The highest BCUT2D eigenvalue weighted by molar-refractivity contribution is 5.86. The van der Waals surface area contributed by atoms with Gasteiger partial charge in [0.15, 0.2) is 0 Å². The Morgan fingerprint density at radius 1 is 0.805 bits per heavy atom. The lowest BCUT2D eigenvalue weighted by Gasteiger charge is -2.33. The number of hydrogen-bond acceptors (Lipinski definition) is 8. The van der Waals surface area contributed by atoms with Crippen LogP contribution < -0.4 is 21.4 Å². The molecule has 5 N–H and O–H groups in total. The molecule has 0 unspecified atom stereocenters. The van der Waals surface area contributed by atoms with Crippen LogP contribution in [0.5, 0.6) is 0 Å².